The molecule has 9 nitrogen and oxygen atoms in total. The molecule has 2 aliphatic heterocycles. The minimum absolute atomic E-state index is 0. The SMILES string of the molecule is Cc1[nH]c(C(=O)NC2[C@H]3CN(c4cc(C(=O)O)nc(N5CCCC5)n4)C[C@@H]23)c(Cl)c1Cl.[H-].[Li+]. The van der Waals surface area contributed by atoms with Crippen LogP contribution in [0.25, 0.3) is 0 Å². The van der Waals surface area contributed by atoms with Crippen molar-refractivity contribution in [2.45, 2.75) is 25.8 Å². The van der Waals surface area contributed by atoms with Gasteiger partial charge in [-0.15, -0.1) is 0 Å². The number of aromatic nitrogens is 3. The number of carbonyl (C=O) groups is 2. The van der Waals surface area contributed by atoms with Gasteiger partial charge in [-0.05, 0) is 19.8 Å². The van der Waals surface area contributed by atoms with E-state index in [-0.39, 0.29) is 60.5 Å². The number of carboxylic acids is 1. The van der Waals surface area contributed by atoms with Crippen molar-refractivity contribution in [1.29, 1.82) is 0 Å². The van der Waals surface area contributed by atoms with Gasteiger partial charge in [-0.2, -0.15) is 4.98 Å². The smallest absolute Gasteiger partial charge is 1.00 e. The van der Waals surface area contributed by atoms with Gasteiger partial charge >= 0.3 is 24.8 Å². The summed E-state index contributed by atoms with van der Waals surface area (Å²) < 4.78 is 0. The first-order chi connectivity index (χ1) is 14.8. The fourth-order valence-electron chi connectivity index (χ4n) is 4.63. The number of H-pyrrole nitrogens is 1. The quantitative estimate of drug-likeness (QED) is 0.511. The zero-order valence-electron chi connectivity index (χ0n) is 18.9. The Labute approximate surface area is 208 Å². The molecule has 0 aromatic carbocycles. The Balaban J connectivity index is 0.00000153. The maximum Gasteiger partial charge on any atom is 1.00 e. The predicted molar refractivity (Wildman–Crippen MR) is 118 cm³/mol. The predicted octanol–water partition coefficient (Wildman–Crippen LogP) is -0.301. The van der Waals surface area contributed by atoms with Gasteiger partial charge in [-0.1, -0.05) is 23.2 Å². The Kier molecular flexibility index (Phi) is 6.38. The van der Waals surface area contributed by atoms with Gasteiger partial charge in [-0.3, -0.25) is 4.79 Å². The van der Waals surface area contributed by atoms with Crippen LogP contribution in [0.5, 0.6) is 0 Å². The topological polar surface area (TPSA) is 114 Å². The van der Waals surface area contributed by atoms with Crippen LogP contribution < -0.4 is 34.0 Å². The van der Waals surface area contributed by atoms with Crippen molar-refractivity contribution in [2.24, 2.45) is 11.8 Å². The maximum atomic E-state index is 12.6. The van der Waals surface area contributed by atoms with Gasteiger partial charge in [0.05, 0.1) is 10.0 Å². The van der Waals surface area contributed by atoms with E-state index in [0.29, 0.717) is 35.6 Å². The summed E-state index contributed by atoms with van der Waals surface area (Å²) in [4.78, 5) is 40.1. The molecule has 3 aliphatic rings. The summed E-state index contributed by atoms with van der Waals surface area (Å²) in [6.45, 7) is 4.84. The minimum atomic E-state index is -1.06. The molecule has 12 heteroatoms. The van der Waals surface area contributed by atoms with Crippen LogP contribution in [0, 0.1) is 18.8 Å². The van der Waals surface area contributed by atoms with Crippen LogP contribution in [-0.4, -0.2) is 64.2 Å². The van der Waals surface area contributed by atoms with Crippen molar-refractivity contribution in [1.82, 2.24) is 20.3 Å². The van der Waals surface area contributed by atoms with Crippen molar-refractivity contribution >= 4 is 46.8 Å². The monoisotopic (exact) mass is 472 g/mol. The third-order valence-electron chi connectivity index (χ3n) is 6.41. The number of anilines is 2. The molecule has 1 unspecified atom stereocenters. The molecule has 2 saturated heterocycles. The molecule has 5 rings (SSSR count). The summed E-state index contributed by atoms with van der Waals surface area (Å²) in [7, 11) is 0. The first-order valence-corrected chi connectivity index (χ1v) is 11.1. The van der Waals surface area contributed by atoms with Gasteiger partial charge in [0.15, 0.2) is 5.69 Å². The number of fused-ring (bicyclic) bond motifs is 1. The van der Waals surface area contributed by atoms with E-state index in [0.717, 1.165) is 25.9 Å². The number of rotatable bonds is 5. The second-order valence-electron chi connectivity index (χ2n) is 8.40. The van der Waals surface area contributed by atoms with Crippen LogP contribution in [0.15, 0.2) is 6.07 Å². The molecule has 3 atom stereocenters. The second-order valence-corrected chi connectivity index (χ2v) is 9.15. The molecule has 166 valence electrons. The molecule has 2 aromatic rings. The molecule has 1 saturated carbocycles. The molecule has 2 aromatic heterocycles. The van der Waals surface area contributed by atoms with E-state index in [1.54, 1.807) is 6.92 Å². The molecule has 3 fully saturated rings. The van der Waals surface area contributed by atoms with E-state index in [4.69, 9.17) is 23.2 Å². The molecule has 1 aliphatic carbocycles. The van der Waals surface area contributed by atoms with E-state index in [1.807, 2.05) is 4.90 Å². The molecular formula is C20H23Cl2LiN6O3. The number of halogens is 2. The number of carbonyl (C=O) groups excluding carboxylic acids is 1. The number of carboxylic acid groups (broad SMARTS) is 1. The fraction of sp³-hybridized carbons (Fsp3) is 0.500. The number of aryl methyl sites for hydroxylation is 1. The van der Waals surface area contributed by atoms with Crippen molar-refractivity contribution in [3.05, 3.63) is 33.2 Å². The standard InChI is InChI=1S/C20H22Cl2N6O3.Li.H/c1-9-14(21)15(22)17(23-9)18(29)26-16-10-7-28(8-11(10)16)13-6-12(19(30)31)24-20(25-13)27-4-2-3-5-27;;/h6,10-11,16,23H,2-5,7-8H2,1H3,(H,26,29)(H,30,31);;/q;+1;-1/t10-,11+,16?;;. The van der Waals surface area contributed by atoms with Crippen molar-refractivity contribution in [3.63, 3.8) is 0 Å². The van der Waals surface area contributed by atoms with Gasteiger partial charge in [0.25, 0.3) is 5.91 Å². The Hall–Kier alpha value is -1.92. The Bertz CT molecular complexity index is 1070. The molecule has 4 heterocycles. The summed E-state index contributed by atoms with van der Waals surface area (Å²) in [5, 5.41) is 13.1. The summed E-state index contributed by atoms with van der Waals surface area (Å²) in [6, 6.07) is 1.59. The van der Waals surface area contributed by atoms with Gasteiger partial charge in [0.1, 0.15) is 11.5 Å². The first-order valence-electron chi connectivity index (χ1n) is 10.3. The average Bonchev–Trinajstić information content (AvgIpc) is 3.21. The Morgan fingerprint density at radius 3 is 2.38 bits per heavy atom. The van der Waals surface area contributed by atoms with Crippen LogP contribution in [0.4, 0.5) is 11.8 Å². The molecule has 0 bridgehead atoms. The number of aromatic carboxylic acids is 1. The zero-order valence-corrected chi connectivity index (χ0v) is 19.4. The van der Waals surface area contributed by atoms with Gasteiger partial charge in [0, 0.05) is 55.8 Å². The third-order valence-corrected chi connectivity index (χ3v) is 7.35. The van der Waals surface area contributed by atoms with E-state index in [2.05, 4.69) is 25.2 Å². The van der Waals surface area contributed by atoms with Crippen LogP contribution in [0.3, 0.4) is 0 Å². The maximum absolute atomic E-state index is 12.6. The first kappa shape index (κ1) is 23.2. The van der Waals surface area contributed by atoms with Gasteiger partial charge < -0.3 is 26.6 Å². The van der Waals surface area contributed by atoms with Crippen molar-refractivity contribution < 1.29 is 35.0 Å². The molecular weight excluding hydrogens is 450 g/mol. The van der Waals surface area contributed by atoms with E-state index >= 15 is 0 Å². The number of nitrogens with one attached hydrogen (secondary N) is 2. The normalized spacial score (nSPS) is 23.7. The fourth-order valence-corrected chi connectivity index (χ4v) is 5.05. The number of hydrogen-bond acceptors (Lipinski definition) is 6. The van der Waals surface area contributed by atoms with Gasteiger partial charge in [0.2, 0.25) is 5.95 Å². The molecule has 0 radical (unpaired) electrons. The van der Waals surface area contributed by atoms with Crippen molar-refractivity contribution in [2.75, 3.05) is 36.0 Å². The number of nitrogens with zero attached hydrogens (tertiary/aromatic N) is 4. The number of hydrogen-bond donors (Lipinski definition) is 3. The largest absolute Gasteiger partial charge is 1.00 e. The van der Waals surface area contributed by atoms with Crippen LogP contribution in [0.1, 0.15) is 40.9 Å². The van der Waals surface area contributed by atoms with Crippen LogP contribution >= 0.6 is 23.2 Å². The summed E-state index contributed by atoms with van der Waals surface area (Å²) in [6.07, 6.45) is 2.11. The molecule has 0 spiro atoms. The molecule has 1 amide bonds. The van der Waals surface area contributed by atoms with E-state index in [9.17, 15) is 14.7 Å². The van der Waals surface area contributed by atoms with Crippen LogP contribution in [-0.2, 0) is 0 Å². The minimum Gasteiger partial charge on any atom is -1.00 e. The summed E-state index contributed by atoms with van der Waals surface area (Å²) in [5.41, 5.74) is 0.944. The third kappa shape index (κ3) is 4.07. The van der Waals surface area contributed by atoms with Crippen molar-refractivity contribution in [3.8, 4) is 0 Å². The van der Waals surface area contributed by atoms with Gasteiger partial charge in [-0.25, -0.2) is 9.78 Å². The van der Waals surface area contributed by atoms with E-state index < -0.39 is 5.97 Å². The molecule has 3 N–H and O–H groups in total. The summed E-state index contributed by atoms with van der Waals surface area (Å²) >= 11 is 12.2. The Morgan fingerprint density at radius 1 is 1.16 bits per heavy atom. The summed E-state index contributed by atoms with van der Waals surface area (Å²) in [5.74, 6) is 0.348. The number of piperidine rings is 1. The Morgan fingerprint density at radius 2 is 1.81 bits per heavy atom. The zero-order chi connectivity index (χ0) is 21.9. The molecule has 32 heavy (non-hydrogen) atoms. The number of amides is 1. The van der Waals surface area contributed by atoms with Crippen LogP contribution in [0.2, 0.25) is 10.0 Å². The average molecular weight is 473 g/mol. The van der Waals surface area contributed by atoms with E-state index in [1.165, 1.54) is 6.07 Å². The second kappa shape index (κ2) is 8.79. The number of aromatic amines is 1.